The molecule has 2 aromatic heterocycles. The van der Waals surface area contributed by atoms with E-state index in [9.17, 15) is 4.79 Å². The van der Waals surface area contributed by atoms with Gasteiger partial charge in [-0.1, -0.05) is 23.7 Å². The molecule has 0 saturated carbocycles. The number of carbonyl (C=O) groups excluding carboxylic acids is 1. The first-order valence-corrected chi connectivity index (χ1v) is 9.33. The average molecular weight is 395 g/mol. The Labute approximate surface area is 168 Å². The van der Waals surface area contributed by atoms with Crippen LogP contribution in [0, 0.1) is 13.8 Å². The van der Waals surface area contributed by atoms with Gasteiger partial charge >= 0.3 is 6.03 Å². The van der Waals surface area contributed by atoms with Crippen LogP contribution in [0.25, 0.3) is 0 Å². The van der Waals surface area contributed by atoms with Crippen LogP contribution in [0.5, 0.6) is 11.6 Å². The number of aromatic nitrogens is 2. The number of nitrogens with one attached hydrogen (secondary N) is 1. The fourth-order valence-electron chi connectivity index (χ4n) is 3.15. The van der Waals surface area contributed by atoms with Gasteiger partial charge in [0.25, 0.3) is 0 Å². The van der Waals surface area contributed by atoms with E-state index < -0.39 is 0 Å². The number of pyridine rings is 2. The number of halogens is 1. The van der Waals surface area contributed by atoms with Crippen molar-refractivity contribution in [2.45, 2.75) is 20.3 Å². The lowest BCUT2D eigenvalue weighted by atomic mass is 10.1. The molecule has 0 aliphatic carbocycles. The van der Waals surface area contributed by atoms with Gasteiger partial charge < -0.3 is 4.74 Å². The van der Waals surface area contributed by atoms with E-state index in [-0.39, 0.29) is 6.03 Å². The van der Waals surface area contributed by atoms with Gasteiger partial charge in [-0.2, -0.15) is 4.98 Å². The molecule has 142 valence electrons. The normalized spacial score (nSPS) is 12.6. The van der Waals surface area contributed by atoms with Crippen molar-refractivity contribution >= 4 is 29.1 Å². The van der Waals surface area contributed by atoms with Crippen LogP contribution in [-0.2, 0) is 6.42 Å². The quantitative estimate of drug-likeness (QED) is 0.668. The van der Waals surface area contributed by atoms with Gasteiger partial charge in [-0.25, -0.2) is 4.79 Å². The summed E-state index contributed by atoms with van der Waals surface area (Å²) in [5, 5.41) is 3.49. The second kappa shape index (κ2) is 7.48. The summed E-state index contributed by atoms with van der Waals surface area (Å²) >= 11 is 6.24. The number of amides is 2. The van der Waals surface area contributed by atoms with Crippen molar-refractivity contribution in [2.75, 3.05) is 16.8 Å². The predicted octanol–water partition coefficient (Wildman–Crippen LogP) is 5.13. The van der Waals surface area contributed by atoms with Gasteiger partial charge in [0.15, 0.2) is 5.75 Å². The summed E-state index contributed by atoms with van der Waals surface area (Å²) in [6.45, 7) is 4.43. The fraction of sp³-hybridized carbons (Fsp3) is 0.190. The van der Waals surface area contributed by atoms with Crippen molar-refractivity contribution < 1.29 is 9.53 Å². The predicted molar refractivity (Wildman–Crippen MR) is 110 cm³/mol. The number of fused-ring (bicyclic) bond motifs is 1. The number of ether oxygens (including phenoxy) is 1. The summed E-state index contributed by atoms with van der Waals surface area (Å²) in [6, 6.07) is 12.5. The second-order valence-corrected chi connectivity index (χ2v) is 7.02. The minimum atomic E-state index is -0.249. The second-order valence-electron chi connectivity index (χ2n) is 6.61. The molecule has 0 bridgehead atoms. The molecule has 1 aliphatic rings. The van der Waals surface area contributed by atoms with Gasteiger partial charge in [-0.05, 0) is 55.7 Å². The summed E-state index contributed by atoms with van der Waals surface area (Å²) in [6.07, 6.45) is 2.51. The maximum Gasteiger partial charge on any atom is 0.327 e. The molecule has 28 heavy (non-hydrogen) atoms. The number of carbonyl (C=O) groups is 1. The molecule has 0 radical (unpaired) electrons. The largest absolute Gasteiger partial charge is 0.437 e. The number of hydrogen-bond donors (Lipinski definition) is 1. The molecule has 0 saturated heterocycles. The van der Waals surface area contributed by atoms with Crippen LogP contribution in [0.4, 0.5) is 16.3 Å². The molecular formula is C21H19ClN4O2. The zero-order chi connectivity index (χ0) is 19.7. The number of nitrogens with zero attached hydrogens (tertiary/aromatic N) is 3. The van der Waals surface area contributed by atoms with Crippen LogP contribution in [0.3, 0.4) is 0 Å². The SMILES string of the molecule is Cc1cc2c(cc1Cl)N(C(=O)Nc1cccc(Oc3cccnc3C)n1)CC2. The lowest BCUT2D eigenvalue weighted by Crippen LogP contribution is -2.33. The summed E-state index contributed by atoms with van der Waals surface area (Å²) in [5.41, 5.74) is 3.74. The van der Waals surface area contributed by atoms with Gasteiger partial charge in [0.05, 0.1) is 11.4 Å². The van der Waals surface area contributed by atoms with E-state index >= 15 is 0 Å². The van der Waals surface area contributed by atoms with Crippen LogP contribution in [-0.4, -0.2) is 22.5 Å². The maximum absolute atomic E-state index is 12.8. The number of anilines is 2. The van der Waals surface area contributed by atoms with Crippen molar-refractivity contribution in [3.8, 4) is 11.6 Å². The van der Waals surface area contributed by atoms with E-state index in [0.717, 1.165) is 28.9 Å². The van der Waals surface area contributed by atoms with E-state index in [1.165, 1.54) is 0 Å². The molecule has 4 rings (SSSR count). The van der Waals surface area contributed by atoms with Crippen molar-refractivity contribution in [3.05, 3.63) is 70.5 Å². The van der Waals surface area contributed by atoms with Gasteiger partial charge in [-0.3, -0.25) is 15.2 Å². The third-order valence-electron chi connectivity index (χ3n) is 4.63. The Hall–Kier alpha value is -3.12. The van der Waals surface area contributed by atoms with E-state index in [1.807, 2.05) is 32.0 Å². The molecule has 0 unspecified atom stereocenters. The Morgan fingerprint density at radius 1 is 1.21 bits per heavy atom. The molecule has 1 N–H and O–H groups in total. The zero-order valence-electron chi connectivity index (χ0n) is 15.6. The molecule has 7 heteroatoms. The van der Waals surface area contributed by atoms with E-state index in [4.69, 9.17) is 16.3 Å². The summed E-state index contributed by atoms with van der Waals surface area (Å²) in [5.74, 6) is 1.42. The Kier molecular flexibility index (Phi) is 4.88. The highest BCUT2D eigenvalue weighted by atomic mass is 35.5. The summed E-state index contributed by atoms with van der Waals surface area (Å²) < 4.78 is 5.79. The topological polar surface area (TPSA) is 67.4 Å². The molecule has 1 aromatic carbocycles. The van der Waals surface area contributed by atoms with Crippen LogP contribution in [0.15, 0.2) is 48.7 Å². The molecule has 6 nitrogen and oxygen atoms in total. The highest BCUT2D eigenvalue weighted by molar-refractivity contribution is 6.31. The number of rotatable bonds is 3. The lowest BCUT2D eigenvalue weighted by molar-refractivity contribution is 0.257. The van der Waals surface area contributed by atoms with Crippen LogP contribution < -0.4 is 15.0 Å². The monoisotopic (exact) mass is 394 g/mol. The first-order valence-electron chi connectivity index (χ1n) is 8.95. The zero-order valence-corrected chi connectivity index (χ0v) is 16.3. The first-order chi connectivity index (χ1) is 13.5. The van der Waals surface area contributed by atoms with Crippen LogP contribution in [0.1, 0.15) is 16.8 Å². The standard InChI is InChI=1S/C21H19ClN4O2/c1-13-11-15-8-10-26(17(15)12-16(13)22)21(27)25-19-6-3-7-20(24-19)28-18-5-4-9-23-14(18)2/h3-7,9,11-12H,8,10H2,1-2H3,(H,24,25,27). The van der Waals surface area contributed by atoms with E-state index in [0.29, 0.717) is 29.0 Å². The van der Waals surface area contributed by atoms with Gasteiger partial charge in [0, 0.05) is 23.8 Å². The van der Waals surface area contributed by atoms with Crippen molar-refractivity contribution in [2.24, 2.45) is 0 Å². The molecular weight excluding hydrogens is 376 g/mol. The van der Waals surface area contributed by atoms with Gasteiger partial charge in [0.2, 0.25) is 5.88 Å². The minimum Gasteiger partial charge on any atom is -0.437 e. The highest BCUT2D eigenvalue weighted by Crippen LogP contribution is 2.33. The highest BCUT2D eigenvalue weighted by Gasteiger charge is 2.26. The smallest absolute Gasteiger partial charge is 0.327 e. The van der Waals surface area contributed by atoms with E-state index in [2.05, 4.69) is 15.3 Å². The van der Waals surface area contributed by atoms with Crippen molar-refractivity contribution in [3.63, 3.8) is 0 Å². The van der Waals surface area contributed by atoms with Crippen LogP contribution in [0.2, 0.25) is 5.02 Å². The molecule has 0 fully saturated rings. The molecule has 0 spiro atoms. The van der Waals surface area contributed by atoms with Crippen molar-refractivity contribution in [1.82, 2.24) is 9.97 Å². The fourth-order valence-corrected chi connectivity index (χ4v) is 3.31. The Bertz CT molecular complexity index is 1050. The molecule has 3 heterocycles. The average Bonchev–Trinajstić information content (AvgIpc) is 3.07. The Morgan fingerprint density at radius 2 is 2.07 bits per heavy atom. The molecule has 3 aromatic rings. The minimum absolute atomic E-state index is 0.249. The Morgan fingerprint density at radius 3 is 2.89 bits per heavy atom. The van der Waals surface area contributed by atoms with Crippen LogP contribution >= 0.6 is 11.6 Å². The van der Waals surface area contributed by atoms with Gasteiger partial charge in [-0.15, -0.1) is 0 Å². The number of urea groups is 1. The molecule has 2 amide bonds. The summed E-state index contributed by atoms with van der Waals surface area (Å²) in [4.78, 5) is 23.0. The maximum atomic E-state index is 12.8. The number of hydrogen-bond acceptors (Lipinski definition) is 4. The Balaban J connectivity index is 1.51. The number of benzene rings is 1. The third-order valence-corrected chi connectivity index (χ3v) is 5.04. The lowest BCUT2D eigenvalue weighted by Gasteiger charge is -2.18. The molecule has 0 atom stereocenters. The van der Waals surface area contributed by atoms with Gasteiger partial charge in [0.1, 0.15) is 5.82 Å². The first kappa shape index (κ1) is 18.3. The van der Waals surface area contributed by atoms with Crippen molar-refractivity contribution in [1.29, 1.82) is 0 Å². The third kappa shape index (κ3) is 3.64. The summed E-state index contributed by atoms with van der Waals surface area (Å²) in [7, 11) is 0. The number of aryl methyl sites for hydroxylation is 2. The van der Waals surface area contributed by atoms with E-state index in [1.54, 1.807) is 35.4 Å². The molecule has 1 aliphatic heterocycles.